The van der Waals surface area contributed by atoms with Gasteiger partial charge in [0.05, 0.1) is 41.5 Å². The number of rotatable bonds is 5. The van der Waals surface area contributed by atoms with Gasteiger partial charge in [-0.2, -0.15) is 18.4 Å². The smallest absolute Gasteiger partial charge is 0.416 e. The second kappa shape index (κ2) is 11.5. The van der Waals surface area contributed by atoms with Crippen LogP contribution >= 0.6 is 0 Å². The maximum Gasteiger partial charge on any atom is 0.416 e. The van der Waals surface area contributed by atoms with Gasteiger partial charge in [-0.15, -0.1) is 0 Å². The molecular weight excluding hydrogens is 387 g/mol. The molecule has 0 aliphatic rings. The van der Waals surface area contributed by atoms with Crippen LogP contribution in [0, 0.1) is 11.3 Å². The molecule has 0 fully saturated rings. The maximum absolute atomic E-state index is 12.2. The normalized spacial score (nSPS) is 10.2. The predicted molar refractivity (Wildman–Crippen MR) is 99.1 cm³/mol. The average Bonchev–Trinajstić information content (AvgIpc) is 2.72. The van der Waals surface area contributed by atoms with Crippen LogP contribution in [0.15, 0.2) is 48.5 Å². The summed E-state index contributed by atoms with van der Waals surface area (Å²) in [6.07, 6.45) is -3.57. The molecule has 2 aromatic carbocycles. The number of nitrogens with zero attached hydrogens (tertiary/aromatic N) is 1. The van der Waals surface area contributed by atoms with Gasteiger partial charge in [0.1, 0.15) is 0 Å². The molecule has 0 N–H and O–H groups in total. The van der Waals surface area contributed by atoms with Crippen molar-refractivity contribution in [2.24, 2.45) is 0 Å². The zero-order valence-electron chi connectivity index (χ0n) is 16.0. The van der Waals surface area contributed by atoms with Crippen molar-refractivity contribution in [3.8, 4) is 6.07 Å². The van der Waals surface area contributed by atoms with Gasteiger partial charge in [-0.05, 0) is 61.9 Å². The second-order valence-corrected chi connectivity index (χ2v) is 5.62. The Morgan fingerprint density at radius 1 is 0.897 bits per heavy atom. The third-order valence-electron chi connectivity index (χ3n) is 3.41. The first kappa shape index (κ1) is 23.7. The number of esters is 2. The van der Waals surface area contributed by atoms with Gasteiger partial charge >= 0.3 is 18.1 Å². The third-order valence-corrected chi connectivity index (χ3v) is 3.41. The average molecular weight is 407 g/mol. The molecule has 0 bridgehead atoms. The number of carbonyl (C=O) groups is 2. The number of hydrogen-bond acceptors (Lipinski definition) is 5. The van der Waals surface area contributed by atoms with Crippen LogP contribution in [0.2, 0.25) is 0 Å². The van der Waals surface area contributed by atoms with Gasteiger partial charge in [0.15, 0.2) is 0 Å². The molecule has 29 heavy (non-hydrogen) atoms. The molecule has 0 unspecified atom stereocenters. The van der Waals surface area contributed by atoms with Crippen LogP contribution in [0.25, 0.3) is 0 Å². The lowest BCUT2D eigenvalue weighted by atomic mass is 10.1. The molecule has 0 atom stereocenters. The number of halogens is 3. The molecule has 5 nitrogen and oxygen atoms in total. The minimum atomic E-state index is -4.38. The molecule has 2 aromatic rings. The summed E-state index contributed by atoms with van der Waals surface area (Å²) in [6, 6.07) is 12.3. The molecule has 0 heterocycles. The van der Waals surface area contributed by atoms with Crippen molar-refractivity contribution in [1.29, 1.82) is 5.26 Å². The van der Waals surface area contributed by atoms with E-state index in [1.807, 2.05) is 13.0 Å². The van der Waals surface area contributed by atoms with E-state index >= 15 is 0 Å². The van der Waals surface area contributed by atoms with E-state index in [0.29, 0.717) is 17.7 Å². The molecule has 0 spiro atoms. The largest absolute Gasteiger partial charge is 0.462 e. The lowest BCUT2D eigenvalue weighted by Gasteiger charge is -2.07. The highest BCUT2D eigenvalue weighted by Crippen LogP contribution is 2.29. The van der Waals surface area contributed by atoms with E-state index in [4.69, 9.17) is 10.00 Å². The highest BCUT2D eigenvalue weighted by atomic mass is 19.4. The third kappa shape index (κ3) is 8.05. The van der Waals surface area contributed by atoms with Crippen molar-refractivity contribution in [1.82, 2.24) is 0 Å². The Kier molecular flexibility index (Phi) is 9.39. The molecule has 0 aliphatic carbocycles. The van der Waals surface area contributed by atoms with Crippen LogP contribution in [-0.2, 0) is 15.7 Å². The van der Waals surface area contributed by atoms with E-state index in [0.717, 1.165) is 30.7 Å². The molecule has 0 aliphatic heterocycles. The van der Waals surface area contributed by atoms with Gasteiger partial charge in [-0.25, -0.2) is 9.59 Å². The molecule has 0 saturated heterocycles. The molecular formula is C21H20F3NO4. The van der Waals surface area contributed by atoms with E-state index in [1.54, 1.807) is 31.2 Å². The lowest BCUT2D eigenvalue weighted by Crippen LogP contribution is -2.07. The van der Waals surface area contributed by atoms with Crippen LogP contribution in [-0.4, -0.2) is 25.2 Å². The number of ether oxygens (including phenoxy) is 2. The summed E-state index contributed by atoms with van der Waals surface area (Å²) in [5.41, 5.74) is 0.356. The fourth-order valence-electron chi connectivity index (χ4n) is 1.97. The number of carbonyl (C=O) groups excluding carboxylic acids is 2. The van der Waals surface area contributed by atoms with Gasteiger partial charge in [-0.3, -0.25) is 0 Å². The zero-order chi connectivity index (χ0) is 21.9. The highest BCUT2D eigenvalue weighted by molar-refractivity contribution is 5.89. The summed E-state index contributed by atoms with van der Waals surface area (Å²) in [5.74, 6) is -0.956. The summed E-state index contributed by atoms with van der Waals surface area (Å²) < 4.78 is 46.0. The summed E-state index contributed by atoms with van der Waals surface area (Å²) in [6.45, 7) is 4.19. The fraction of sp³-hybridized carbons (Fsp3) is 0.286. The van der Waals surface area contributed by atoms with Gasteiger partial charge in [0, 0.05) is 0 Å². The van der Waals surface area contributed by atoms with E-state index in [1.165, 1.54) is 0 Å². The number of benzene rings is 2. The summed E-state index contributed by atoms with van der Waals surface area (Å²) >= 11 is 0. The molecule has 0 saturated carbocycles. The van der Waals surface area contributed by atoms with Crippen molar-refractivity contribution >= 4 is 11.9 Å². The van der Waals surface area contributed by atoms with E-state index in [2.05, 4.69) is 4.74 Å². The first-order valence-corrected chi connectivity index (χ1v) is 8.74. The second-order valence-electron chi connectivity index (χ2n) is 5.62. The van der Waals surface area contributed by atoms with Gasteiger partial charge < -0.3 is 9.47 Å². The topological polar surface area (TPSA) is 76.4 Å². The Labute approximate surface area is 166 Å². The van der Waals surface area contributed by atoms with Crippen LogP contribution in [0.1, 0.15) is 52.1 Å². The van der Waals surface area contributed by atoms with Gasteiger partial charge in [0.25, 0.3) is 0 Å². The zero-order valence-corrected chi connectivity index (χ0v) is 16.0. The van der Waals surface area contributed by atoms with Gasteiger partial charge in [0.2, 0.25) is 0 Å². The number of nitriles is 1. The van der Waals surface area contributed by atoms with Crippen molar-refractivity contribution < 1.29 is 32.2 Å². The Bertz CT molecular complexity index is 838. The van der Waals surface area contributed by atoms with Crippen LogP contribution in [0.4, 0.5) is 13.2 Å². The van der Waals surface area contributed by atoms with Crippen molar-refractivity contribution in [3.05, 3.63) is 70.8 Å². The monoisotopic (exact) mass is 407 g/mol. The number of alkyl halides is 3. The summed E-state index contributed by atoms with van der Waals surface area (Å²) in [5, 5.41) is 8.54. The number of hydrogen-bond donors (Lipinski definition) is 0. The van der Waals surface area contributed by atoms with Crippen LogP contribution < -0.4 is 0 Å². The molecule has 2 rings (SSSR count). The quantitative estimate of drug-likeness (QED) is 0.652. The fourth-order valence-corrected chi connectivity index (χ4v) is 1.97. The maximum atomic E-state index is 12.2. The molecule has 154 valence electrons. The van der Waals surface area contributed by atoms with E-state index < -0.39 is 17.7 Å². The molecule has 0 aromatic heterocycles. The van der Waals surface area contributed by atoms with E-state index in [9.17, 15) is 22.8 Å². The first-order chi connectivity index (χ1) is 13.7. The van der Waals surface area contributed by atoms with Crippen molar-refractivity contribution in [2.75, 3.05) is 13.2 Å². The van der Waals surface area contributed by atoms with Crippen molar-refractivity contribution in [2.45, 2.75) is 26.4 Å². The Hall–Kier alpha value is -3.34. The highest BCUT2D eigenvalue weighted by Gasteiger charge is 2.30. The van der Waals surface area contributed by atoms with Gasteiger partial charge in [-0.1, -0.05) is 6.92 Å². The SMILES string of the molecule is CCCOC(=O)c1ccc(C#N)cc1.CCOC(=O)c1ccc(C(F)(F)F)cc1. The molecule has 8 heteroatoms. The Morgan fingerprint density at radius 3 is 1.79 bits per heavy atom. The Balaban J connectivity index is 0.000000291. The van der Waals surface area contributed by atoms with Crippen LogP contribution in [0.5, 0.6) is 0 Å². The summed E-state index contributed by atoms with van der Waals surface area (Å²) in [4.78, 5) is 22.4. The summed E-state index contributed by atoms with van der Waals surface area (Å²) in [7, 11) is 0. The Morgan fingerprint density at radius 2 is 1.38 bits per heavy atom. The van der Waals surface area contributed by atoms with Crippen molar-refractivity contribution in [3.63, 3.8) is 0 Å². The van der Waals surface area contributed by atoms with Crippen LogP contribution in [0.3, 0.4) is 0 Å². The minimum absolute atomic E-state index is 0.116. The predicted octanol–water partition coefficient (Wildman–Crippen LogP) is 5.01. The first-order valence-electron chi connectivity index (χ1n) is 8.74. The van der Waals surface area contributed by atoms with E-state index in [-0.39, 0.29) is 18.1 Å². The molecule has 0 amide bonds. The molecule has 0 radical (unpaired) electrons. The minimum Gasteiger partial charge on any atom is -0.462 e. The standard InChI is InChI=1S/C11H11NO2.C10H9F3O2/c1-2-7-14-11(13)10-5-3-9(8-12)4-6-10;1-2-15-9(14)7-3-5-8(6-4-7)10(11,12)13/h3-6H,2,7H2,1H3;3-6H,2H2,1H3. The lowest BCUT2D eigenvalue weighted by molar-refractivity contribution is -0.137.